The molecule has 0 saturated heterocycles. The van der Waals surface area contributed by atoms with E-state index >= 15 is 0 Å². The predicted octanol–water partition coefficient (Wildman–Crippen LogP) is 2.19. The molecule has 5 nitrogen and oxygen atoms in total. The SMILES string of the molecule is N#Cc1ccc(S(=O)(=O)NCC2(O)CCCCC2)c(Cl)c1. The van der Waals surface area contributed by atoms with Crippen LogP contribution in [0.4, 0.5) is 0 Å². The number of halogens is 1. The summed E-state index contributed by atoms with van der Waals surface area (Å²) < 4.78 is 26.9. The highest BCUT2D eigenvalue weighted by atomic mass is 35.5. The molecule has 1 saturated carbocycles. The topological polar surface area (TPSA) is 90.2 Å². The van der Waals surface area contributed by atoms with Gasteiger partial charge in [-0.2, -0.15) is 5.26 Å². The molecular weight excluding hydrogens is 312 g/mol. The molecule has 114 valence electrons. The lowest BCUT2D eigenvalue weighted by atomic mass is 9.85. The highest BCUT2D eigenvalue weighted by Gasteiger charge is 2.31. The minimum atomic E-state index is -3.80. The fraction of sp³-hybridized carbons (Fsp3) is 0.500. The molecule has 1 aliphatic rings. The van der Waals surface area contributed by atoms with Crippen molar-refractivity contribution in [2.45, 2.75) is 42.6 Å². The first kappa shape index (κ1) is 16.2. The molecule has 0 aliphatic heterocycles. The van der Waals surface area contributed by atoms with Crippen molar-refractivity contribution in [2.75, 3.05) is 6.54 Å². The normalized spacial score (nSPS) is 18.1. The van der Waals surface area contributed by atoms with Crippen LogP contribution in [-0.4, -0.2) is 25.7 Å². The van der Waals surface area contributed by atoms with E-state index in [1.54, 1.807) is 0 Å². The number of hydrogen-bond donors (Lipinski definition) is 2. The van der Waals surface area contributed by atoms with Crippen molar-refractivity contribution < 1.29 is 13.5 Å². The number of sulfonamides is 1. The van der Waals surface area contributed by atoms with Gasteiger partial charge in [-0.1, -0.05) is 30.9 Å². The number of aliphatic hydroxyl groups is 1. The van der Waals surface area contributed by atoms with Crippen LogP contribution in [0.15, 0.2) is 23.1 Å². The fourth-order valence-electron chi connectivity index (χ4n) is 2.48. The van der Waals surface area contributed by atoms with E-state index in [0.717, 1.165) is 19.3 Å². The summed E-state index contributed by atoms with van der Waals surface area (Å²) in [4.78, 5) is -0.0809. The molecule has 0 radical (unpaired) electrons. The highest BCUT2D eigenvalue weighted by molar-refractivity contribution is 7.89. The fourth-order valence-corrected chi connectivity index (χ4v) is 4.14. The van der Waals surface area contributed by atoms with Crippen molar-refractivity contribution in [3.63, 3.8) is 0 Å². The molecular formula is C14H17ClN2O3S. The second-order valence-electron chi connectivity index (χ2n) is 5.37. The Balaban J connectivity index is 2.13. The molecule has 0 atom stereocenters. The summed E-state index contributed by atoms with van der Waals surface area (Å²) in [6.45, 7) is -0.0222. The lowest BCUT2D eigenvalue weighted by Gasteiger charge is -2.32. The number of nitrogens with one attached hydrogen (secondary N) is 1. The number of nitriles is 1. The van der Waals surface area contributed by atoms with Crippen molar-refractivity contribution in [3.05, 3.63) is 28.8 Å². The molecule has 0 spiro atoms. The summed E-state index contributed by atoms with van der Waals surface area (Å²) >= 11 is 5.92. The molecule has 2 rings (SSSR count). The lowest BCUT2D eigenvalue weighted by Crippen LogP contribution is -2.44. The third-order valence-electron chi connectivity index (χ3n) is 3.73. The molecule has 0 amide bonds. The van der Waals surface area contributed by atoms with Gasteiger partial charge in [-0.25, -0.2) is 13.1 Å². The zero-order valence-corrected chi connectivity index (χ0v) is 13.0. The average molecular weight is 329 g/mol. The molecule has 0 bridgehead atoms. The smallest absolute Gasteiger partial charge is 0.242 e. The van der Waals surface area contributed by atoms with Crippen molar-refractivity contribution in [2.24, 2.45) is 0 Å². The molecule has 2 N–H and O–H groups in total. The van der Waals surface area contributed by atoms with Gasteiger partial charge in [-0.15, -0.1) is 0 Å². The number of benzene rings is 1. The van der Waals surface area contributed by atoms with Crippen LogP contribution in [0.1, 0.15) is 37.7 Å². The highest BCUT2D eigenvalue weighted by Crippen LogP contribution is 2.28. The Labute approximate surface area is 129 Å². The van der Waals surface area contributed by atoms with Crippen LogP contribution >= 0.6 is 11.6 Å². The van der Waals surface area contributed by atoms with Crippen LogP contribution in [0.5, 0.6) is 0 Å². The van der Waals surface area contributed by atoms with Gasteiger partial charge in [-0.05, 0) is 31.0 Å². The lowest BCUT2D eigenvalue weighted by molar-refractivity contribution is 0.00945. The van der Waals surface area contributed by atoms with E-state index < -0.39 is 15.6 Å². The van der Waals surface area contributed by atoms with Gasteiger partial charge in [0, 0.05) is 6.54 Å². The molecule has 1 aromatic carbocycles. The number of rotatable bonds is 4. The van der Waals surface area contributed by atoms with E-state index in [2.05, 4.69) is 4.72 Å². The van der Waals surface area contributed by atoms with Crippen LogP contribution < -0.4 is 4.72 Å². The van der Waals surface area contributed by atoms with Gasteiger partial charge in [0.25, 0.3) is 0 Å². The maximum absolute atomic E-state index is 12.2. The van der Waals surface area contributed by atoms with Crippen LogP contribution in [0.2, 0.25) is 5.02 Å². The van der Waals surface area contributed by atoms with Gasteiger partial charge in [0.15, 0.2) is 0 Å². The molecule has 0 unspecified atom stereocenters. The zero-order chi connectivity index (χ0) is 15.5. The van der Waals surface area contributed by atoms with Crippen molar-refractivity contribution in [1.29, 1.82) is 5.26 Å². The molecule has 1 aliphatic carbocycles. The molecule has 0 aromatic heterocycles. The Morgan fingerprint density at radius 3 is 2.57 bits per heavy atom. The first-order valence-corrected chi connectivity index (χ1v) is 8.64. The summed E-state index contributed by atoms with van der Waals surface area (Å²) in [6, 6.07) is 5.91. The largest absolute Gasteiger partial charge is 0.389 e. The monoisotopic (exact) mass is 328 g/mol. The Kier molecular flexibility index (Phi) is 4.89. The third kappa shape index (κ3) is 3.95. The van der Waals surface area contributed by atoms with Crippen molar-refractivity contribution in [1.82, 2.24) is 4.72 Å². The maximum atomic E-state index is 12.2. The number of hydrogen-bond acceptors (Lipinski definition) is 4. The Morgan fingerprint density at radius 1 is 1.33 bits per heavy atom. The Hall–Kier alpha value is -1.13. The maximum Gasteiger partial charge on any atom is 0.242 e. The standard InChI is InChI=1S/C14H17ClN2O3S/c15-12-8-11(9-16)4-5-13(12)21(19,20)17-10-14(18)6-2-1-3-7-14/h4-5,8,17-18H,1-3,6-7,10H2. The van der Waals surface area contributed by atoms with Crippen molar-refractivity contribution in [3.8, 4) is 6.07 Å². The van der Waals surface area contributed by atoms with E-state index in [0.29, 0.717) is 18.4 Å². The third-order valence-corrected chi connectivity index (χ3v) is 5.61. The molecule has 1 fully saturated rings. The van der Waals surface area contributed by atoms with Crippen LogP contribution in [0.3, 0.4) is 0 Å². The van der Waals surface area contributed by atoms with E-state index in [1.165, 1.54) is 18.2 Å². The summed E-state index contributed by atoms with van der Waals surface area (Å²) in [7, 11) is -3.80. The second kappa shape index (κ2) is 6.32. The van der Waals surface area contributed by atoms with E-state index in [9.17, 15) is 13.5 Å². The summed E-state index contributed by atoms with van der Waals surface area (Å²) in [5, 5.41) is 19.1. The number of nitrogens with zero attached hydrogens (tertiary/aromatic N) is 1. The van der Waals surface area contributed by atoms with E-state index in [4.69, 9.17) is 16.9 Å². The van der Waals surface area contributed by atoms with Crippen LogP contribution in [0, 0.1) is 11.3 Å². The molecule has 1 aromatic rings. The summed E-state index contributed by atoms with van der Waals surface area (Å²) in [5.41, 5.74) is -0.686. The zero-order valence-electron chi connectivity index (χ0n) is 11.5. The van der Waals surface area contributed by atoms with Gasteiger partial charge in [-0.3, -0.25) is 0 Å². The van der Waals surface area contributed by atoms with Gasteiger partial charge < -0.3 is 5.11 Å². The predicted molar refractivity (Wildman–Crippen MR) is 79.4 cm³/mol. The van der Waals surface area contributed by atoms with E-state index in [-0.39, 0.29) is 16.5 Å². The molecule has 21 heavy (non-hydrogen) atoms. The van der Waals surface area contributed by atoms with Gasteiger partial charge in [0.1, 0.15) is 4.90 Å². The van der Waals surface area contributed by atoms with E-state index in [1.807, 2.05) is 6.07 Å². The Bertz CT molecular complexity index is 661. The Morgan fingerprint density at radius 2 is 2.00 bits per heavy atom. The summed E-state index contributed by atoms with van der Waals surface area (Å²) in [5.74, 6) is 0. The minimum Gasteiger partial charge on any atom is -0.389 e. The quantitative estimate of drug-likeness (QED) is 0.886. The van der Waals surface area contributed by atoms with Crippen LogP contribution in [0.25, 0.3) is 0 Å². The van der Waals surface area contributed by atoms with Gasteiger partial charge in [0.2, 0.25) is 10.0 Å². The average Bonchev–Trinajstić information content (AvgIpc) is 2.46. The summed E-state index contributed by atoms with van der Waals surface area (Å²) in [6.07, 6.45) is 4.05. The first-order valence-electron chi connectivity index (χ1n) is 6.78. The second-order valence-corrected chi connectivity index (χ2v) is 7.51. The molecule has 0 heterocycles. The van der Waals surface area contributed by atoms with Gasteiger partial charge >= 0.3 is 0 Å². The first-order chi connectivity index (χ1) is 9.86. The minimum absolute atomic E-state index is 0.00261. The molecule has 7 heteroatoms. The van der Waals surface area contributed by atoms with Crippen LogP contribution in [-0.2, 0) is 10.0 Å². The van der Waals surface area contributed by atoms with Crippen molar-refractivity contribution >= 4 is 21.6 Å². The van der Waals surface area contributed by atoms with Gasteiger partial charge in [0.05, 0.1) is 22.3 Å².